The van der Waals surface area contributed by atoms with Gasteiger partial charge in [0.05, 0.1) is 5.25 Å². The lowest BCUT2D eigenvalue weighted by Gasteiger charge is -2.37. The molecule has 1 fully saturated rings. The second kappa shape index (κ2) is 8.20. The van der Waals surface area contributed by atoms with Crippen molar-refractivity contribution >= 4 is 28.2 Å². The van der Waals surface area contributed by atoms with Crippen molar-refractivity contribution in [1.82, 2.24) is 4.90 Å². The van der Waals surface area contributed by atoms with Gasteiger partial charge in [-0.2, -0.15) is 0 Å². The third-order valence-corrected chi connectivity index (χ3v) is 5.57. The summed E-state index contributed by atoms with van der Waals surface area (Å²) in [6.07, 6.45) is 5.65. The molecule has 0 aliphatic heterocycles. The molecule has 1 rings (SSSR count). The molecule has 3 unspecified atom stereocenters. The molecule has 1 amide bonds. The summed E-state index contributed by atoms with van der Waals surface area (Å²) in [4.78, 5) is 13.7. The van der Waals surface area contributed by atoms with Crippen molar-refractivity contribution in [3.8, 4) is 0 Å². The zero-order valence-corrected chi connectivity index (χ0v) is 14.2. The van der Waals surface area contributed by atoms with Gasteiger partial charge >= 0.3 is 0 Å². The van der Waals surface area contributed by atoms with Crippen LogP contribution in [0.3, 0.4) is 0 Å². The smallest absolute Gasteiger partial charge is 0.222 e. The molecule has 0 aromatic heterocycles. The molecule has 1 aliphatic carbocycles. The van der Waals surface area contributed by atoms with Crippen LogP contribution in [0.4, 0.5) is 0 Å². The van der Waals surface area contributed by atoms with Crippen LogP contribution >= 0.6 is 12.4 Å². The minimum atomic E-state index is -3.10. The van der Waals surface area contributed by atoms with E-state index in [-0.39, 0.29) is 30.4 Å². The van der Waals surface area contributed by atoms with Crippen LogP contribution in [0.25, 0.3) is 0 Å². The Morgan fingerprint density at radius 3 is 2.40 bits per heavy atom. The number of carbonyl (C=O) groups excluding carboxylic acids is 1. The van der Waals surface area contributed by atoms with E-state index in [1.165, 1.54) is 6.26 Å². The summed E-state index contributed by atoms with van der Waals surface area (Å²) < 4.78 is 23.7. The Bertz CT molecular complexity index is 412. The van der Waals surface area contributed by atoms with Gasteiger partial charge in [0.2, 0.25) is 5.91 Å². The molecule has 0 aromatic carbocycles. The molecule has 120 valence electrons. The largest absolute Gasteiger partial charge is 0.341 e. The van der Waals surface area contributed by atoms with Crippen molar-refractivity contribution in [2.24, 2.45) is 5.73 Å². The highest BCUT2D eigenvalue weighted by molar-refractivity contribution is 7.91. The van der Waals surface area contributed by atoms with Crippen molar-refractivity contribution in [3.63, 3.8) is 0 Å². The molecule has 2 N–H and O–H groups in total. The van der Waals surface area contributed by atoms with E-state index in [1.807, 2.05) is 6.92 Å². The molecule has 0 heterocycles. The molecule has 1 aliphatic rings. The first-order valence-corrected chi connectivity index (χ1v) is 8.89. The minimum absolute atomic E-state index is 0. The van der Waals surface area contributed by atoms with E-state index in [4.69, 9.17) is 5.73 Å². The van der Waals surface area contributed by atoms with Gasteiger partial charge in [0, 0.05) is 31.8 Å². The van der Waals surface area contributed by atoms with Crippen LogP contribution in [0.5, 0.6) is 0 Å². The van der Waals surface area contributed by atoms with Gasteiger partial charge in [-0.3, -0.25) is 4.79 Å². The van der Waals surface area contributed by atoms with Crippen molar-refractivity contribution in [1.29, 1.82) is 0 Å². The topological polar surface area (TPSA) is 80.5 Å². The lowest BCUT2D eigenvalue weighted by atomic mass is 9.93. The summed E-state index contributed by atoms with van der Waals surface area (Å²) >= 11 is 0. The summed E-state index contributed by atoms with van der Waals surface area (Å²) in [5.41, 5.74) is 5.65. The molecular weight excluding hydrogens is 300 g/mol. The molecule has 0 saturated heterocycles. The van der Waals surface area contributed by atoms with Crippen LogP contribution in [0.1, 0.15) is 45.4 Å². The molecule has 7 heteroatoms. The fourth-order valence-corrected chi connectivity index (χ4v) is 4.22. The first-order chi connectivity index (χ1) is 8.73. The summed E-state index contributed by atoms with van der Waals surface area (Å²) in [6.45, 7) is 1.87. The standard InChI is InChI=1S/C13H26N2O3S.ClH/c1-10(14)8-9-13(16)15(2)11-6-4-5-7-12(11)19(3,17)18;/h10-12H,4-9,14H2,1-3H3;1H. The number of nitrogens with two attached hydrogens (primary N) is 1. The maximum atomic E-state index is 12.1. The SMILES string of the molecule is CC(N)CCC(=O)N(C)C1CCCCC1S(C)(=O)=O.Cl. The first-order valence-electron chi connectivity index (χ1n) is 6.93. The van der Waals surface area contributed by atoms with Crippen molar-refractivity contribution in [3.05, 3.63) is 0 Å². The second-order valence-corrected chi connectivity index (χ2v) is 8.00. The van der Waals surface area contributed by atoms with Crippen molar-refractivity contribution in [2.45, 2.75) is 62.8 Å². The van der Waals surface area contributed by atoms with Gasteiger partial charge in [0.15, 0.2) is 9.84 Å². The molecule has 20 heavy (non-hydrogen) atoms. The fourth-order valence-electron chi connectivity index (χ4n) is 2.73. The molecule has 0 aromatic rings. The lowest BCUT2D eigenvalue weighted by molar-refractivity contribution is -0.132. The number of hydrogen-bond acceptors (Lipinski definition) is 4. The Morgan fingerprint density at radius 2 is 1.90 bits per heavy atom. The zero-order valence-electron chi connectivity index (χ0n) is 12.5. The van der Waals surface area contributed by atoms with E-state index in [0.717, 1.165) is 19.3 Å². The Kier molecular flexibility index (Phi) is 8.06. The van der Waals surface area contributed by atoms with Gasteiger partial charge in [-0.1, -0.05) is 12.8 Å². The maximum absolute atomic E-state index is 12.1. The zero-order chi connectivity index (χ0) is 14.6. The molecule has 0 spiro atoms. The van der Waals surface area contributed by atoms with E-state index < -0.39 is 15.1 Å². The molecule has 3 atom stereocenters. The van der Waals surface area contributed by atoms with E-state index in [9.17, 15) is 13.2 Å². The summed E-state index contributed by atoms with van der Waals surface area (Å²) in [5.74, 6) is -0.00199. The number of rotatable bonds is 5. The van der Waals surface area contributed by atoms with Crippen molar-refractivity contribution < 1.29 is 13.2 Å². The van der Waals surface area contributed by atoms with Crippen LogP contribution in [-0.2, 0) is 14.6 Å². The summed E-state index contributed by atoms with van der Waals surface area (Å²) in [7, 11) is -1.38. The highest BCUT2D eigenvalue weighted by Gasteiger charge is 2.36. The Hall–Kier alpha value is -0.330. The van der Waals surface area contributed by atoms with Crippen LogP contribution < -0.4 is 5.73 Å². The number of amides is 1. The summed E-state index contributed by atoms with van der Waals surface area (Å²) in [5, 5.41) is -0.412. The normalized spacial score (nSPS) is 24.6. The number of sulfone groups is 1. The van der Waals surface area contributed by atoms with Gasteiger partial charge in [-0.05, 0) is 26.2 Å². The highest BCUT2D eigenvalue weighted by Crippen LogP contribution is 2.27. The third-order valence-electron chi connectivity index (χ3n) is 3.92. The lowest BCUT2D eigenvalue weighted by Crippen LogP contribution is -2.49. The highest BCUT2D eigenvalue weighted by atomic mass is 35.5. The van der Waals surface area contributed by atoms with E-state index in [0.29, 0.717) is 19.3 Å². The number of nitrogens with zero attached hydrogens (tertiary/aromatic N) is 1. The Balaban J connectivity index is 0.00000361. The molecule has 0 bridgehead atoms. The van der Waals surface area contributed by atoms with Gasteiger partial charge < -0.3 is 10.6 Å². The maximum Gasteiger partial charge on any atom is 0.222 e. The predicted octanol–water partition coefficient (Wildman–Crippen LogP) is 1.35. The van der Waals surface area contributed by atoms with Crippen LogP contribution in [-0.4, -0.2) is 49.9 Å². The molecule has 5 nitrogen and oxygen atoms in total. The average molecular weight is 327 g/mol. The van der Waals surface area contributed by atoms with Gasteiger partial charge in [-0.25, -0.2) is 8.42 Å². The molecule has 0 radical (unpaired) electrons. The number of hydrogen-bond donors (Lipinski definition) is 1. The second-order valence-electron chi connectivity index (χ2n) is 5.74. The summed E-state index contributed by atoms with van der Waals surface area (Å²) in [6, 6.07) is -0.182. The van der Waals surface area contributed by atoms with Gasteiger partial charge in [-0.15, -0.1) is 12.4 Å². The Morgan fingerprint density at radius 1 is 1.35 bits per heavy atom. The molecule has 1 saturated carbocycles. The van der Waals surface area contributed by atoms with E-state index >= 15 is 0 Å². The van der Waals surface area contributed by atoms with Gasteiger partial charge in [0.25, 0.3) is 0 Å². The number of carbonyl (C=O) groups is 1. The van der Waals surface area contributed by atoms with Crippen LogP contribution in [0, 0.1) is 0 Å². The van der Waals surface area contributed by atoms with Gasteiger partial charge in [0.1, 0.15) is 0 Å². The first kappa shape index (κ1) is 19.7. The van der Waals surface area contributed by atoms with Crippen LogP contribution in [0.2, 0.25) is 0 Å². The minimum Gasteiger partial charge on any atom is -0.341 e. The Labute approximate surface area is 128 Å². The fraction of sp³-hybridized carbons (Fsp3) is 0.923. The monoisotopic (exact) mass is 326 g/mol. The third kappa shape index (κ3) is 5.58. The van der Waals surface area contributed by atoms with E-state index in [1.54, 1.807) is 11.9 Å². The predicted molar refractivity (Wildman–Crippen MR) is 83.8 cm³/mol. The van der Waals surface area contributed by atoms with E-state index in [2.05, 4.69) is 0 Å². The molecular formula is C13H27ClN2O3S. The quantitative estimate of drug-likeness (QED) is 0.827. The average Bonchev–Trinajstić information content (AvgIpc) is 2.34. The number of halogens is 1. The van der Waals surface area contributed by atoms with Crippen molar-refractivity contribution in [2.75, 3.05) is 13.3 Å². The van der Waals surface area contributed by atoms with Crippen LogP contribution in [0.15, 0.2) is 0 Å².